The number of amides is 1. The molecule has 2 aliphatic heterocycles. The number of nitrogens with zero attached hydrogens (tertiary/aromatic N) is 3. The van der Waals surface area contributed by atoms with Gasteiger partial charge in [-0.1, -0.05) is 6.07 Å². The van der Waals surface area contributed by atoms with Crippen molar-refractivity contribution >= 4 is 11.8 Å². The first kappa shape index (κ1) is 25.8. The zero-order chi connectivity index (χ0) is 24.3. The first-order chi connectivity index (χ1) is 16.5. The van der Waals surface area contributed by atoms with E-state index in [1.165, 1.54) is 4.90 Å². The SMILES string of the molecule is COCCCN1CCOc2ccc(COC3CCC(OCCCO[N+](=O)[O-])CN3C(=O)O)cc21. The quantitative estimate of drug-likeness (QED) is 0.253. The molecule has 2 heterocycles. The highest BCUT2D eigenvalue weighted by Crippen LogP contribution is 2.33. The Morgan fingerprint density at radius 3 is 2.85 bits per heavy atom. The van der Waals surface area contributed by atoms with Crippen LogP contribution in [0.2, 0.25) is 0 Å². The van der Waals surface area contributed by atoms with Gasteiger partial charge in [0.05, 0.1) is 38.1 Å². The van der Waals surface area contributed by atoms with Crippen molar-refractivity contribution in [1.82, 2.24) is 4.90 Å². The number of likely N-dealkylation sites (tertiary alicyclic amines) is 1. The average molecular weight is 484 g/mol. The van der Waals surface area contributed by atoms with E-state index in [-0.39, 0.29) is 32.5 Å². The third-order valence-electron chi connectivity index (χ3n) is 5.77. The average Bonchev–Trinajstić information content (AvgIpc) is 2.83. The first-order valence-corrected chi connectivity index (χ1v) is 11.5. The topological polar surface area (TPSA) is 133 Å². The van der Waals surface area contributed by atoms with Gasteiger partial charge in [0.15, 0.2) is 0 Å². The predicted octanol–water partition coefficient (Wildman–Crippen LogP) is 2.52. The van der Waals surface area contributed by atoms with Gasteiger partial charge >= 0.3 is 6.09 Å². The maximum atomic E-state index is 11.8. The Balaban J connectivity index is 1.51. The standard InChI is InChI=1S/C22H33N3O9/c1-30-10-2-8-23-9-13-32-20-6-4-17(14-19(20)23)16-33-21-7-5-18(15-24(21)22(26)27)31-11-3-12-34-25(28)29/h4,6,14,18,21H,2-3,5,7-13,15-16H2,1H3,(H,26,27). The van der Waals surface area contributed by atoms with Crippen LogP contribution in [0.3, 0.4) is 0 Å². The van der Waals surface area contributed by atoms with Crippen molar-refractivity contribution < 1.29 is 38.8 Å². The molecule has 0 radical (unpaired) electrons. The molecule has 2 atom stereocenters. The molecule has 0 aromatic heterocycles. The largest absolute Gasteiger partial charge is 0.490 e. The van der Waals surface area contributed by atoms with Crippen molar-refractivity contribution in [1.29, 1.82) is 0 Å². The summed E-state index contributed by atoms with van der Waals surface area (Å²) in [5.41, 5.74) is 1.95. The lowest BCUT2D eigenvalue weighted by atomic mass is 10.1. The zero-order valence-corrected chi connectivity index (χ0v) is 19.4. The molecule has 12 heteroatoms. The zero-order valence-electron chi connectivity index (χ0n) is 19.4. The molecule has 0 spiro atoms. The molecule has 1 aromatic rings. The lowest BCUT2D eigenvalue weighted by Crippen LogP contribution is -2.50. The van der Waals surface area contributed by atoms with Crippen LogP contribution in [-0.2, 0) is 25.7 Å². The summed E-state index contributed by atoms with van der Waals surface area (Å²) in [5.74, 6) is 0.834. The molecule has 2 aliphatic rings. The maximum Gasteiger partial charge on any atom is 0.409 e. The van der Waals surface area contributed by atoms with Gasteiger partial charge in [-0.25, -0.2) is 4.79 Å². The van der Waals surface area contributed by atoms with Gasteiger partial charge in [-0.2, -0.15) is 0 Å². The van der Waals surface area contributed by atoms with Crippen LogP contribution in [0.1, 0.15) is 31.2 Å². The lowest BCUT2D eigenvalue weighted by Gasteiger charge is -2.37. The Bertz CT molecular complexity index is 810. The molecular formula is C22H33N3O9. The van der Waals surface area contributed by atoms with Gasteiger partial charge in [0.25, 0.3) is 5.09 Å². The van der Waals surface area contributed by atoms with Crippen LogP contribution in [-0.4, -0.2) is 86.7 Å². The van der Waals surface area contributed by atoms with E-state index in [1.54, 1.807) is 7.11 Å². The Kier molecular flexibility index (Phi) is 9.98. The number of hydrogen-bond donors (Lipinski definition) is 1. The van der Waals surface area contributed by atoms with E-state index in [0.29, 0.717) is 32.5 Å². The number of anilines is 1. The van der Waals surface area contributed by atoms with Crippen LogP contribution < -0.4 is 9.64 Å². The van der Waals surface area contributed by atoms with Crippen molar-refractivity contribution in [3.63, 3.8) is 0 Å². The predicted molar refractivity (Wildman–Crippen MR) is 120 cm³/mol. The van der Waals surface area contributed by atoms with Gasteiger partial charge in [-0.05, 0) is 43.4 Å². The van der Waals surface area contributed by atoms with Crippen LogP contribution in [0.25, 0.3) is 0 Å². The number of rotatable bonds is 13. The molecule has 0 saturated carbocycles. The van der Waals surface area contributed by atoms with E-state index in [2.05, 4.69) is 9.74 Å². The lowest BCUT2D eigenvalue weighted by molar-refractivity contribution is -0.757. The highest BCUT2D eigenvalue weighted by molar-refractivity contribution is 5.65. The fourth-order valence-electron chi connectivity index (χ4n) is 4.10. The minimum atomic E-state index is -1.07. The summed E-state index contributed by atoms with van der Waals surface area (Å²) in [6.45, 7) is 3.66. The number of benzene rings is 1. The van der Waals surface area contributed by atoms with Crippen LogP contribution in [0.4, 0.5) is 10.5 Å². The van der Waals surface area contributed by atoms with Crippen LogP contribution in [0.15, 0.2) is 18.2 Å². The summed E-state index contributed by atoms with van der Waals surface area (Å²) in [7, 11) is 1.69. The van der Waals surface area contributed by atoms with Crippen LogP contribution in [0.5, 0.6) is 5.75 Å². The number of methoxy groups -OCH3 is 1. The Morgan fingerprint density at radius 1 is 1.24 bits per heavy atom. The Morgan fingerprint density at radius 2 is 2.09 bits per heavy atom. The molecule has 0 bridgehead atoms. The van der Waals surface area contributed by atoms with Crippen molar-refractivity contribution in [2.24, 2.45) is 0 Å². The van der Waals surface area contributed by atoms with Crippen molar-refractivity contribution in [3.8, 4) is 5.75 Å². The van der Waals surface area contributed by atoms with Crippen molar-refractivity contribution in [3.05, 3.63) is 33.9 Å². The molecule has 3 rings (SSSR count). The van der Waals surface area contributed by atoms with Gasteiger partial charge < -0.3 is 33.8 Å². The summed E-state index contributed by atoms with van der Waals surface area (Å²) >= 11 is 0. The Hall–Kier alpha value is -2.83. The van der Waals surface area contributed by atoms with Gasteiger partial charge in [0.1, 0.15) is 18.6 Å². The van der Waals surface area contributed by atoms with Gasteiger partial charge in [0.2, 0.25) is 0 Å². The Labute approximate surface area is 198 Å². The fourth-order valence-corrected chi connectivity index (χ4v) is 4.10. The van der Waals surface area contributed by atoms with Crippen molar-refractivity contribution in [2.45, 2.75) is 44.6 Å². The minimum absolute atomic E-state index is 0.0519. The van der Waals surface area contributed by atoms with E-state index < -0.39 is 17.4 Å². The van der Waals surface area contributed by atoms with Crippen molar-refractivity contribution in [2.75, 3.05) is 58.1 Å². The summed E-state index contributed by atoms with van der Waals surface area (Å²) in [5, 5.41) is 19.0. The number of carboxylic acid groups (broad SMARTS) is 1. The molecule has 34 heavy (non-hydrogen) atoms. The van der Waals surface area contributed by atoms with E-state index in [0.717, 1.165) is 36.5 Å². The van der Waals surface area contributed by atoms with E-state index in [4.69, 9.17) is 18.9 Å². The molecule has 1 amide bonds. The third kappa shape index (κ3) is 7.61. The summed E-state index contributed by atoms with van der Waals surface area (Å²) < 4.78 is 22.6. The highest BCUT2D eigenvalue weighted by atomic mass is 16.9. The van der Waals surface area contributed by atoms with E-state index in [1.807, 2.05) is 18.2 Å². The molecule has 1 aromatic carbocycles. The number of piperidine rings is 1. The van der Waals surface area contributed by atoms with E-state index in [9.17, 15) is 20.0 Å². The van der Waals surface area contributed by atoms with Gasteiger partial charge in [-0.3, -0.25) is 4.90 Å². The summed E-state index contributed by atoms with van der Waals surface area (Å²) in [6, 6.07) is 5.90. The molecular weight excluding hydrogens is 450 g/mol. The van der Waals surface area contributed by atoms with Crippen LogP contribution in [0, 0.1) is 10.1 Å². The molecule has 0 aliphatic carbocycles. The number of carbonyl (C=O) groups is 1. The molecule has 2 unspecified atom stereocenters. The van der Waals surface area contributed by atoms with Crippen LogP contribution >= 0.6 is 0 Å². The first-order valence-electron chi connectivity index (χ1n) is 11.5. The number of ether oxygens (including phenoxy) is 4. The third-order valence-corrected chi connectivity index (χ3v) is 5.77. The highest BCUT2D eigenvalue weighted by Gasteiger charge is 2.33. The maximum absolute atomic E-state index is 11.8. The second-order valence-corrected chi connectivity index (χ2v) is 8.17. The molecule has 1 fully saturated rings. The second-order valence-electron chi connectivity index (χ2n) is 8.17. The number of fused-ring (bicyclic) bond motifs is 1. The normalized spacial score (nSPS) is 19.9. The smallest absolute Gasteiger partial charge is 0.409 e. The van der Waals surface area contributed by atoms with Gasteiger partial charge in [0, 0.05) is 26.9 Å². The summed E-state index contributed by atoms with van der Waals surface area (Å²) in [6.07, 6.45) is 0.481. The molecule has 1 saturated heterocycles. The van der Waals surface area contributed by atoms with E-state index >= 15 is 0 Å². The summed E-state index contributed by atoms with van der Waals surface area (Å²) in [4.78, 5) is 29.7. The monoisotopic (exact) mass is 483 g/mol. The molecule has 12 nitrogen and oxygen atoms in total. The molecule has 190 valence electrons. The van der Waals surface area contributed by atoms with Gasteiger partial charge in [-0.15, -0.1) is 10.1 Å². The molecule has 1 N–H and O–H groups in total. The number of hydrogen-bond acceptors (Lipinski definition) is 9. The fraction of sp³-hybridized carbons (Fsp3) is 0.682. The minimum Gasteiger partial charge on any atom is -0.490 e. The second kappa shape index (κ2) is 13.2.